The summed E-state index contributed by atoms with van der Waals surface area (Å²) in [7, 11) is 0. The van der Waals surface area contributed by atoms with Crippen LogP contribution in [0.5, 0.6) is 0 Å². The molecule has 98 valence electrons. The first-order valence-corrected chi connectivity index (χ1v) is 6.70. The number of benzene rings is 1. The lowest BCUT2D eigenvalue weighted by Crippen LogP contribution is -2.13. The molecule has 0 heterocycles. The van der Waals surface area contributed by atoms with Crippen molar-refractivity contribution in [2.75, 3.05) is 0 Å². The van der Waals surface area contributed by atoms with Crippen molar-refractivity contribution in [3.05, 3.63) is 35.9 Å². The average Bonchev–Trinajstić information content (AvgIpc) is 2.36. The lowest BCUT2D eigenvalue weighted by atomic mass is 10.1. The van der Waals surface area contributed by atoms with Crippen LogP contribution in [-0.2, 0) is 6.54 Å². The molecule has 2 heteroatoms. The zero-order valence-corrected chi connectivity index (χ0v) is 11.4. The van der Waals surface area contributed by atoms with Crippen molar-refractivity contribution in [3.63, 3.8) is 0 Å². The molecule has 0 amide bonds. The molecule has 4 N–H and O–H groups in total. The Balaban J connectivity index is 0.000000302. The Morgan fingerprint density at radius 3 is 2.12 bits per heavy atom. The van der Waals surface area contributed by atoms with Crippen LogP contribution in [0.2, 0.25) is 0 Å². The lowest BCUT2D eigenvalue weighted by molar-refractivity contribution is 0.575. The summed E-state index contributed by atoms with van der Waals surface area (Å²) in [5.41, 5.74) is 12.1. The SMILES string of the molecule is CCCCCCC(C)N.NCc1ccccc1. The summed E-state index contributed by atoms with van der Waals surface area (Å²) in [4.78, 5) is 0. The number of hydrogen-bond acceptors (Lipinski definition) is 2. The van der Waals surface area contributed by atoms with Gasteiger partial charge in [-0.25, -0.2) is 0 Å². The zero-order chi connectivity index (χ0) is 12.9. The molecule has 1 aromatic carbocycles. The van der Waals surface area contributed by atoms with Crippen LogP contribution in [0, 0.1) is 0 Å². The highest BCUT2D eigenvalue weighted by molar-refractivity contribution is 5.13. The molecule has 1 atom stereocenters. The van der Waals surface area contributed by atoms with Crippen molar-refractivity contribution in [1.82, 2.24) is 0 Å². The van der Waals surface area contributed by atoms with Gasteiger partial charge >= 0.3 is 0 Å². The summed E-state index contributed by atoms with van der Waals surface area (Å²) in [5.74, 6) is 0. The maximum absolute atomic E-state index is 5.57. The van der Waals surface area contributed by atoms with Crippen LogP contribution in [-0.4, -0.2) is 6.04 Å². The van der Waals surface area contributed by atoms with Crippen molar-refractivity contribution in [2.45, 2.75) is 58.5 Å². The first kappa shape index (κ1) is 16.1. The fraction of sp³-hybridized carbons (Fsp3) is 0.600. The van der Waals surface area contributed by atoms with Gasteiger partial charge in [-0.05, 0) is 18.9 Å². The van der Waals surface area contributed by atoms with Gasteiger partial charge in [-0.15, -0.1) is 0 Å². The average molecular weight is 236 g/mol. The predicted molar refractivity (Wildman–Crippen MR) is 76.7 cm³/mol. The Morgan fingerprint density at radius 1 is 1.06 bits per heavy atom. The fourth-order valence-corrected chi connectivity index (χ4v) is 1.51. The van der Waals surface area contributed by atoms with Crippen LogP contribution in [0.3, 0.4) is 0 Å². The molecule has 0 bridgehead atoms. The zero-order valence-electron chi connectivity index (χ0n) is 11.4. The van der Waals surface area contributed by atoms with E-state index in [1.165, 1.54) is 37.7 Å². The molecular formula is C15H28N2. The highest BCUT2D eigenvalue weighted by atomic mass is 14.6. The molecule has 1 rings (SSSR count). The summed E-state index contributed by atoms with van der Waals surface area (Å²) in [6, 6.07) is 10.4. The van der Waals surface area contributed by atoms with Crippen LogP contribution in [0.1, 0.15) is 51.5 Å². The highest BCUT2D eigenvalue weighted by Crippen LogP contribution is 2.03. The normalized spacial score (nSPS) is 11.5. The molecule has 1 unspecified atom stereocenters. The summed E-state index contributed by atoms with van der Waals surface area (Å²) in [6.45, 7) is 4.94. The molecule has 2 nitrogen and oxygen atoms in total. The maximum atomic E-state index is 5.57. The van der Waals surface area contributed by atoms with E-state index in [-0.39, 0.29) is 0 Å². The largest absolute Gasteiger partial charge is 0.328 e. The summed E-state index contributed by atoms with van der Waals surface area (Å²) in [6.07, 6.45) is 6.55. The Hall–Kier alpha value is -0.860. The summed E-state index contributed by atoms with van der Waals surface area (Å²) >= 11 is 0. The Labute approximate surface area is 106 Å². The van der Waals surface area contributed by atoms with Crippen LogP contribution in [0.4, 0.5) is 0 Å². The van der Waals surface area contributed by atoms with Gasteiger partial charge in [-0.3, -0.25) is 0 Å². The minimum atomic E-state index is 0.404. The van der Waals surface area contributed by atoms with Crippen molar-refractivity contribution >= 4 is 0 Å². The molecule has 0 aliphatic heterocycles. The number of unbranched alkanes of at least 4 members (excludes halogenated alkanes) is 3. The van der Waals surface area contributed by atoms with Gasteiger partial charge in [-0.2, -0.15) is 0 Å². The molecule has 1 aromatic rings. The van der Waals surface area contributed by atoms with Crippen molar-refractivity contribution in [3.8, 4) is 0 Å². The van der Waals surface area contributed by atoms with Crippen LogP contribution < -0.4 is 11.5 Å². The number of rotatable bonds is 6. The van der Waals surface area contributed by atoms with E-state index in [9.17, 15) is 0 Å². The van der Waals surface area contributed by atoms with Crippen molar-refractivity contribution in [2.24, 2.45) is 11.5 Å². The van der Waals surface area contributed by atoms with E-state index in [1.54, 1.807) is 0 Å². The van der Waals surface area contributed by atoms with Crippen molar-refractivity contribution < 1.29 is 0 Å². The van der Waals surface area contributed by atoms with E-state index in [0.29, 0.717) is 12.6 Å². The third-order valence-electron chi connectivity index (χ3n) is 2.59. The monoisotopic (exact) mass is 236 g/mol. The van der Waals surface area contributed by atoms with Crippen LogP contribution >= 0.6 is 0 Å². The highest BCUT2D eigenvalue weighted by Gasteiger charge is 1.91. The van der Waals surface area contributed by atoms with E-state index in [0.717, 1.165) is 0 Å². The van der Waals surface area contributed by atoms with Gasteiger partial charge < -0.3 is 11.5 Å². The van der Waals surface area contributed by atoms with Crippen LogP contribution in [0.25, 0.3) is 0 Å². The lowest BCUT2D eigenvalue weighted by Gasteiger charge is -2.02. The molecule has 0 aromatic heterocycles. The molecule has 0 saturated heterocycles. The standard InChI is InChI=1S/C8H19N.C7H9N/c1-3-4-5-6-7-8(2)9;8-6-7-4-2-1-3-5-7/h8H,3-7,9H2,1-2H3;1-5H,6,8H2. The second-order valence-electron chi connectivity index (χ2n) is 4.52. The van der Waals surface area contributed by atoms with E-state index >= 15 is 0 Å². The van der Waals surface area contributed by atoms with E-state index in [2.05, 4.69) is 13.8 Å². The minimum Gasteiger partial charge on any atom is -0.328 e. The second kappa shape index (κ2) is 11.6. The summed E-state index contributed by atoms with van der Waals surface area (Å²) in [5, 5.41) is 0. The third-order valence-corrected chi connectivity index (χ3v) is 2.59. The first-order valence-electron chi connectivity index (χ1n) is 6.70. The molecule has 0 saturated carbocycles. The molecule has 0 aliphatic rings. The smallest absolute Gasteiger partial charge is 0.0178 e. The topological polar surface area (TPSA) is 52.0 Å². The third kappa shape index (κ3) is 11.4. The number of hydrogen-bond donors (Lipinski definition) is 2. The van der Waals surface area contributed by atoms with Gasteiger partial charge in [0.15, 0.2) is 0 Å². The van der Waals surface area contributed by atoms with Gasteiger partial charge in [-0.1, -0.05) is 62.9 Å². The molecule has 0 fully saturated rings. The van der Waals surface area contributed by atoms with E-state index in [1.807, 2.05) is 30.3 Å². The summed E-state index contributed by atoms with van der Waals surface area (Å²) < 4.78 is 0. The Kier molecular flexibility index (Phi) is 11.0. The van der Waals surface area contributed by atoms with Gasteiger partial charge in [0.2, 0.25) is 0 Å². The second-order valence-corrected chi connectivity index (χ2v) is 4.52. The van der Waals surface area contributed by atoms with E-state index < -0.39 is 0 Å². The van der Waals surface area contributed by atoms with Gasteiger partial charge in [0.1, 0.15) is 0 Å². The van der Waals surface area contributed by atoms with E-state index in [4.69, 9.17) is 11.5 Å². The Bertz CT molecular complexity index is 244. The fourth-order valence-electron chi connectivity index (χ4n) is 1.51. The molecule has 0 aliphatic carbocycles. The van der Waals surface area contributed by atoms with Gasteiger partial charge in [0, 0.05) is 12.6 Å². The van der Waals surface area contributed by atoms with Gasteiger partial charge in [0.25, 0.3) is 0 Å². The van der Waals surface area contributed by atoms with Crippen molar-refractivity contribution in [1.29, 1.82) is 0 Å². The van der Waals surface area contributed by atoms with Crippen LogP contribution in [0.15, 0.2) is 30.3 Å². The quantitative estimate of drug-likeness (QED) is 0.743. The predicted octanol–water partition coefficient (Wildman–Crippen LogP) is 3.45. The molecule has 17 heavy (non-hydrogen) atoms. The maximum Gasteiger partial charge on any atom is 0.0178 e. The Morgan fingerprint density at radius 2 is 1.71 bits per heavy atom. The first-order chi connectivity index (χ1) is 8.20. The minimum absolute atomic E-state index is 0.404. The number of nitrogens with two attached hydrogens (primary N) is 2. The molecular weight excluding hydrogens is 208 g/mol. The van der Waals surface area contributed by atoms with Gasteiger partial charge in [0.05, 0.1) is 0 Å². The molecule has 0 spiro atoms. The molecule has 0 radical (unpaired) electrons.